The number of carboxylic acids is 1. The largest absolute Gasteiger partial charge is 0.480 e. The average Bonchev–Trinajstić information content (AvgIpc) is 2.77. The van der Waals surface area contributed by atoms with Gasteiger partial charge in [0.25, 0.3) is 0 Å². The molecule has 82 valence electrons. The van der Waals surface area contributed by atoms with Crippen LogP contribution in [0.25, 0.3) is 11.4 Å². The Hall–Kier alpha value is -2.31. The first kappa shape index (κ1) is 10.2. The van der Waals surface area contributed by atoms with Gasteiger partial charge in [-0.1, -0.05) is 0 Å². The van der Waals surface area contributed by atoms with Gasteiger partial charge in [0.05, 0.1) is 0 Å². The van der Waals surface area contributed by atoms with Gasteiger partial charge in [0.15, 0.2) is 11.9 Å². The lowest BCUT2D eigenvalue weighted by Crippen LogP contribution is -2.18. The van der Waals surface area contributed by atoms with Crippen LogP contribution in [0.3, 0.4) is 0 Å². The molecule has 0 saturated carbocycles. The first-order valence-electron chi connectivity index (χ1n) is 4.61. The molecule has 0 aromatic carbocycles. The Bertz CT molecular complexity index is 496. The molecule has 2 aromatic rings. The number of nitrogens with zero attached hydrogens (tertiary/aromatic N) is 5. The van der Waals surface area contributed by atoms with Crippen molar-refractivity contribution in [3.8, 4) is 11.4 Å². The van der Waals surface area contributed by atoms with Crippen molar-refractivity contribution < 1.29 is 9.90 Å². The summed E-state index contributed by atoms with van der Waals surface area (Å²) in [5.74, 6) is -0.597. The Morgan fingerprint density at radius 2 is 2.38 bits per heavy atom. The molecular formula is C9H9N5O2. The summed E-state index contributed by atoms with van der Waals surface area (Å²) in [4.78, 5) is 14.8. The highest BCUT2D eigenvalue weighted by Crippen LogP contribution is 2.17. The number of tetrazole rings is 1. The second-order valence-electron chi connectivity index (χ2n) is 3.20. The maximum absolute atomic E-state index is 10.8. The van der Waals surface area contributed by atoms with Gasteiger partial charge in [-0.15, -0.1) is 5.10 Å². The molecule has 1 N–H and O–H groups in total. The van der Waals surface area contributed by atoms with E-state index in [1.807, 2.05) is 0 Å². The van der Waals surface area contributed by atoms with E-state index in [1.54, 1.807) is 24.5 Å². The molecule has 0 bridgehead atoms. The second kappa shape index (κ2) is 4.05. The second-order valence-corrected chi connectivity index (χ2v) is 3.20. The van der Waals surface area contributed by atoms with E-state index in [-0.39, 0.29) is 0 Å². The van der Waals surface area contributed by atoms with E-state index in [2.05, 4.69) is 20.5 Å². The van der Waals surface area contributed by atoms with Crippen molar-refractivity contribution in [1.82, 2.24) is 25.2 Å². The maximum atomic E-state index is 10.8. The SMILES string of the molecule is CC(C(=O)O)n1nnnc1-c1cccnc1. The van der Waals surface area contributed by atoms with Gasteiger partial charge in [0.1, 0.15) is 0 Å². The predicted molar refractivity (Wildman–Crippen MR) is 53.4 cm³/mol. The molecule has 0 saturated heterocycles. The molecule has 7 nitrogen and oxygen atoms in total. The molecule has 0 aliphatic rings. The Kier molecular flexibility index (Phi) is 2.59. The summed E-state index contributed by atoms with van der Waals surface area (Å²) in [6.07, 6.45) is 3.20. The predicted octanol–water partition coefficient (Wildman–Crippen LogP) is 0.381. The summed E-state index contributed by atoms with van der Waals surface area (Å²) in [7, 11) is 0. The Labute approximate surface area is 90.7 Å². The van der Waals surface area contributed by atoms with Crippen molar-refractivity contribution in [3.63, 3.8) is 0 Å². The third kappa shape index (κ3) is 1.74. The van der Waals surface area contributed by atoms with Crippen LogP contribution < -0.4 is 0 Å². The van der Waals surface area contributed by atoms with Crippen molar-refractivity contribution in [2.75, 3.05) is 0 Å². The molecule has 2 heterocycles. The minimum Gasteiger partial charge on any atom is -0.480 e. The normalized spacial score (nSPS) is 12.3. The number of aliphatic carboxylic acids is 1. The fraction of sp³-hybridized carbons (Fsp3) is 0.222. The number of rotatable bonds is 3. The van der Waals surface area contributed by atoms with Gasteiger partial charge in [0.2, 0.25) is 0 Å². The lowest BCUT2D eigenvalue weighted by atomic mass is 10.2. The van der Waals surface area contributed by atoms with Crippen molar-refractivity contribution in [2.24, 2.45) is 0 Å². The summed E-state index contributed by atoms with van der Waals surface area (Å²) in [5, 5.41) is 19.8. The molecule has 0 fully saturated rings. The van der Waals surface area contributed by atoms with Crippen LogP contribution in [-0.4, -0.2) is 36.3 Å². The Balaban J connectivity index is 2.44. The number of hydrogen-bond acceptors (Lipinski definition) is 5. The summed E-state index contributed by atoms with van der Waals surface area (Å²) >= 11 is 0. The molecule has 0 radical (unpaired) electrons. The topological polar surface area (TPSA) is 93.8 Å². The average molecular weight is 219 g/mol. The summed E-state index contributed by atoms with van der Waals surface area (Å²) in [6.45, 7) is 1.51. The first-order chi connectivity index (χ1) is 7.70. The highest BCUT2D eigenvalue weighted by molar-refractivity contribution is 5.72. The number of pyridine rings is 1. The zero-order valence-electron chi connectivity index (χ0n) is 8.48. The first-order valence-corrected chi connectivity index (χ1v) is 4.61. The van der Waals surface area contributed by atoms with Crippen LogP contribution in [0.15, 0.2) is 24.5 Å². The third-order valence-electron chi connectivity index (χ3n) is 2.14. The lowest BCUT2D eigenvalue weighted by molar-refractivity contribution is -0.140. The van der Waals surface area contributed by atoms with Crippen LogP contribution in [0.5, 0.6) is 0 Å². The van der Waals surface area contributed by atoms with E-state index >= 15 is 0 Å². The zero-order valence-corrected chi connectivity index (χ0v) is 8.48. The minimum atomic E-state index is -0.988. The molecule has 0 spiro atoms. The van der Waals surface area contributed by atoms with Crippen molar-refractivity contribution in [2.45, 2.75) is 13.0 Å². The molecule has 2 rings (SSSR count). The quantitative estimate of drug-likeness (QED) is 0.802. The summed E-state index contributed by atoms with van der Waals surface area (Å²) in [5.41, 5.74) is 0.681. The van der Waals surface area contributed by atoms with Crippen LogP contribution in [0, 0.1) is 0 Å². The number of hydrogen-bond donors (Lipinski definition) is 1. The van der Waals surface area contributed by atoms with Crippen LogP contribution in [0.4, 0.5) is 0 Å². The molecule has 1 atom stereocenters. The van der Waals surface area contributed by atoms with Crippen LogP contribution in [0.2, 0.25) is 0 Å². The van der Waals surface area contributed by atoms with Gasteiger partial charge in [-0.3, -0.25) is 4.98 Å². The van der Waals surface area contributed by atoms with E-state index in [1.165, 1.54) is 11.6 Å². The van der Waals surface area contributed by atoms with Crippen molar-refractivity contribution >= 4 is 5.97 Å². The fourth-order valence-electron chi connectivity index (χ4n) is 1.24. The highest BCUT2D eigenvalue weighted by Gasteiger charge is 2.19. The zero-order chi connectivity index (χ0) is 11.5. The summed E-state index contributed by atoms with van der Waals surface area (Å²) in [6, 6.07) is 2.69. The molecule has 0 aliphatic heterocycles. The third-order valence-corrected chi connectivity index (χ3v) is 2.14. The Morgan fingerprint density at radius 1 is 1.56 bits per heavy atom. The highest BCUT2D eigenvalue weighted by atomic mass is 16.4. The van der Waals surface area contributed by atoms with Gasteiger partial charge in [-0.25, -0.2) is 9.48 Å². The Morgan fingerprint density at radius 3 is 3.00 bits per heavy atom. The van der Waals surface area contributed by atoms with Crippen LogP contribution >= 0.6 is 0 Å². The molecule has 16 heavy (non-hydrogen) atoms. The maximum Gasteiger partial charge on any atom is 0.328 e. The molecule has 0 aliphatic carbocycles. The van der Waals surface area contributed by atoms with Gasteiger partial charge in [-0.2, -0.15) is 0 Å². The van der Waals surface area contributed by atoms with E-state index in [4.69, 9.17) is 5.11 Å². The fourth-order valence-corrected chi connectivity index (χ4v) is 1.24. The van der Waals surface area contributed by atoms with E-state index in [9.17, 15) is 4.79 Å². The molecule has 7 heteroatoms. The monoisotopic (exact) mass is 219 g/mol. The van der Waals surface area contributed by atoms with Gasteiger partial charge < -0.3 is 5.11 Å². The van der Waals surface area contributed by atoms with Crippen molar-refractivity contribution in [1.29, 1.82) is 0 Å². The molecule has 2 aromatic heterocycles. The lowest BCUT2D eigenvalue weighted by Gasteiger charge is -2.07. The standard InChI is InChI=1S/C9H9N5O2/c1-6(9(15)16)14-8(11-12-13-14)7-3-2-4-10-5-7/h2-6H,1H3,(H,15,16). The van der Waals surface area contributed by atoms with E-state index in [0.717, 1.165) is 0 Å². The van der Waals surface area contributed by atoms with Gasteiger partial charge >= 0.3 is 5.97 Å². The number of carboxylic acid groups (broad SMARTS) is 1. The number of aromatic nitrogens is 5. The van der Waals surface area contributed by atoms with E-state index in [0.29, 0.717) is 11.4 Å². The molecule has 0 amide bonds. The smallest absolute Gasteiger partial charge is 0.328 e. The minimum absolute atomic E-state index is 0.392. The summed E-state index contributed by atoms with van der Waals surface area (Å²) < 4.78 is 1.25. The van der Waals surface area contributed by atoms with Gasteiger partial charge in [-0.05, 0) is 29.5 Å². The van der Waals surface area contributed by atoms with Crippen LogP contribution in [-0.2, 0) is 4.79 Å². The molecule has 1 unspecified atom stereocenters. The van der Waals surface area contributed by atoms with Gasteiger partial charge in [0, 0.05) is 18.0 Å². The van der Waals surface area contributed by atoms with Crippen LogP contribution in [0.1, 0.15) is 13.0 Å². The number of carbonyl (C=O) groups is 1. The van der Waals surface area contributed by atoms with E-state index < -0.39 is 12.0 Å². The van der Waals surface area contributed by atoms with Crippen molar-refractivity contribution in [3.05, 3.63) is 24.5 Å². The molecular weight excluding hydrogens is 210 g/mol.